The lowest BCUT2D eigenvalue weighted by Gasteiger charge is -2.17. The molecule has 4 heterocycles. The zero-order valence-corrected chi connectivity index (χ0v) is 13.0. The number of halogens is 1. The SMILES string of the molecule is OC[C@H]1O[C@@H](n2cc(Cl)c3c(-c4ccoc4)ncnc32)[C@H](O)[C@@H]1O. The van der Waals surface area contributed by atoms with E-state index in [1.54, 1.807) is 18.5 Å². The average molecular weight is 352 g/mol. The van der Waals surface area contributed by atoms with Gasteiger partial charge in [0, 0.05) is 11.8 Å². The number of ether oxygens (including phenoxy) is 1. The van der Waals surface area contributed by atoms with E-state index in [0.717, 1.165) is 5.56 Å². The Morgan fingerprint density at radius 3 is 2.75 bits per heavy atom. The molecular formula is C15H14ClN3O5. The highest BCUT2D eigenvalue weighted by atomic mass is 35.5. The van der Waals surface area contributed by atoms with E-state index in [1.165, 1.54) is 17.2 Å². The van der Waals surface area contributed by atoms with Crippen molar-refractivity contribution in [3.63, 3.8) is 0 Å². The van der Waals surface area contributed by atoms with Crippen LogP contribution < -0.4 is 0 Å². The molecule has 4 rings (SSSR count). The topological polar surface area (TPSA) is 114 Å². The van der Waals surface area contributed by atoms with Crippen LogP contribution in [0, 0.1) is 0 Å². The molecule has 3 aromatic rings. The molecule has 0 bridgehead atoms. The van der Waals surface area contributed by atoms with Crippen LogP contribution in [-0.2, 0) is 4.74 Å². The van der Waals surface area contributed by atoms with Crippen LogP contribution in [0.3, 0.4) is 0 Å². The van der Waals surface area contributed by atoms with Crippen molar-refractivity contribution in [3.8, 4) is 11.3 Å². The minimum Gasteiger partial charge on any atom is -0.472 e. The molecule has 4 atom stereocenters. The second-order valence-corrected chi connectivity index (χ2v) is 5.95. The third-order valence-electron chi connectivity index (χ3n) is 4.15. The van der Waals surface area contributed by atoms with Crippen LogP contribution in [0.2, 0.25) is 5.02 Å². The molecule has 8 nitrogen and oxygen atoms in total. The average Bonchev–Trinajstić information content (AvgIpc) is 3.29. The van der Waals surface area contributed by atoms with Gasteiger partial charge in [-0.1, -0.05) is 11.6 Å². The summed E-state index contributed by atoms with van der Waals surface area (Å²) in [4.78, 5) is 8.48. The van der Waals surface area contributed by atoms with Crippen LogP contribution in [0.25, 0.3) is 22.3 Å². The highest BCUT2D eigenvalue weighted by Crippen LogP contribution is 2.37. The Labute approximate surface area is 140 Å². The van der Waals surface area contributed by atoms with Crippen molar-refractivity contribution in [2.45, 2.75) is 24.5 Å². The number of hydrogen-bond donors (Lipinski definition) is 3. The lowest BCUT2D eigenvalue weighted by Crippen LogP contribution is -2.33. The van der Waals surface area contributed by atoms with Crippen molar-refractivity contribution in [3.05, 3.63) is 36.1 Å². The van der Waals surface area contributed by atoms with Crippen molar-refractivity contribution >= 4 is 22.6 Å². The minimum absolute atomic E-state index is 0.375. The van der Waals surface area contributed by atoms with Gasteiger partial charge in [0.2, 0.25) is 0 Å². The van der Waals surface area contributed by atoms with Gasteiger partial charge in [0.1, 0.15) is 30.3 Å². The maximum atomic E-state index is 10.2. The minimum atomic E-state index is -1.22. The molecule has 9 heteroatoms. The van der Waals surface area contributed by atoms with Gasteiger partial charge in [0.15, 0.2) is 6.23 Å². The molecule has 1 aliphatic rings. The number of rotatable bonds is 3. The van der Waals surface area contributed by atoms with E-state index in [0.29, 0.717) is 21.7 Å². The molecular weight excluding hydrogens is 338 g/mol. The first-order chi connectivity index (χ1) is 11.6. The second-order valence-electron chi connectivity index (χ2n) is 5.55. The molecule has 0 radical (unpaired) electrons. The van der Waals surface area contributed by atoms with Gasteiger partial charge >= 0.3 is 0 Å². The summed E-state index contributed by atoms with van der Waals surface area (Å²) in [6.07, 6.45) is 1.79. The molecule has 0 saturated carbocycles. The van der Waals surface area contributed by atoms with Crippen LogP contribution in [-0.4, -0.2) is 54.8 Å². The van der Waals surface area contributed by atoms with Crippen LogP contribution in [0.15, 0.2) is 35.5 Å². The van der Waals surface area contributed by atoms with Crippen molar-refractivity contribution in [1.29, 1.82) is 0 Å². The Kier molecular flexibility index (Phi) is 3.78. The van der Waals surface area contributed by atoms with Crippen molar-refractivity contribution < 1.29 is 24.5 Å². The monoisotopic (exact) mass is 351 g/mol. The van der Waals surface area contributed by atoms with E-state index in [1.807, 2.05) is 0 Å². The predicted octanol–water partition coefficient (Wildman–Crippen LogP) is 0.956. The summed E-state index contributed by atoms with van der Waals surface area (Å²) in [5, 5.41) is 30.4. The first-order valence-electron chi connectivity index (χ1n) is 7.28. The summed E-state index contributed by atoms with van der Waals surface area (Å²) >= 11 is 6.35. The third kappa shape index (κ3) is 2.23. The summed E-state index contributed by atoms with van der Waals surface area (Å²) in [7, 11) is 0. The van der Waals surface area contributed by atoms with E-state index in [4.69, 9.17) is 20.8 Å². The number of hydrogen-bond acceptors (Lipinski definition) is 7. The first-order valence-corrected chi connectivity index (χ1v) is 7.65. The maximum Gasteiger partial charge on any atom is 0.164 e. The molecule has 1 fully saturated rings. The van der Waals surface area contributed by atoms with Gasteiger partial charge in [0.05, 0.1) is 35.2 Å². The highest BCUT2D eigenvalue weighted by Gasteiger charge is 2.44. The van der Waals surface area contributed by atoms with Crippen LogP contribution >= 0.6 is 11.6 Å². The fourth-order valence-electron chi connectivity index (χ4n) is 2.96. The van der Waals surface area contributed by atoms with Gasteiger partial charge in [-0.3, -0.25) is 0 Å². The summed E-state index contributed by atoms with van der Waals surface area (Å²) in [6, 6.07) is 1.75. The molecule has 3 N–H and O–H groups in total. The fraction of sp³-hybridized carbons (Fsp3) is 0.333. The molecule has 0 amide bonds. The van der Waals surface area contributed by atoms with Gasteiger partial charge in [0.25, 0.3) is 0 Å². The summed E-state index contributed by atoms with van der Waals surface area (Å²) in [5.41, 5.74) is 1.77. The van der Waals surface area contributed by atoms with E-state index in [2.05, 4.69) is 9.97 Å². The number of aliphatic hydroxyl groups is 3. The Bertz CT molecular complexity index is 866. The molecule has 3 aromatic heterocycles. The molecule has 0 aromatic carbocycles. The summed E-state index contributed by atoms with van der Waals surface area (Å²) < 4.78 is 12.2. The van der Waals surface area contributed by atoms with Crippen LogP contribution in [0.5, 0.6) is 0 Å². The quantitative estimate of drug-likeness (QED) is 0.643. The van der Waals surface area contributed by atoms with Crippen LogP contribution in [0.1, 0.15) is 6.23 Å². The Morgan fingerprint density at radius 1 is 1.25 bits per heavy atom. The number of fused-ring (bicyclic) bond motifs is 1. The molecule has 0 aliphatic carbocycles. The number of furan rings is 1. The van der Waals surface area contributed by atoms with Gasteiger partial charge in [-0.2, -0.15) is 0 Å². The number of nitrogens with zero attached hydrogens (tertiary/aromatic N) is 3. The van der Waals surface area contributed by atoms with Gasteiger partial charge in [-0.05, 0) is 6.07 Å². The largest absolute Gasteiger partial charge is 0.472 e. The molecule has 0 unspecified atom stereocenters. The van der Waals surface area contributed by atoms with E-state index in [-0.39, 0.29) is 0 Å². The molecule has 24 heavy (non-hydrogen) atoms. The lowest BCUT2D eigenvalue weighted by atomic mass is 10.1. The van der Waals surface area contributed by atoms with E-state index in [9.17, 15) is 15.3 Å². The third-order valence-corrected chi connectivity index (χ3v) is 4.44. The van der Waals surface area contributed by atoms with Crippen molar-refractivity contribution in [2.24, 2.45) is 0 Å². The van der Waals surface area contributed by atoms with Crippen LogP contribution in [0.4, 0.5) is 0 Å². The maximum absolute atomic E-state index is 10.2. The predicted molar refractivity (Wildman–Crippen MR) is 83.2 cm³/mol. The lowest BCUT2D eigenvalue weighted by molar-refractivity contribution is -0.0508. The standard InChI is InChI=1S/C15H14ClN3O5/c16-8-3-19(15-13(22)12(21)9(4-20)24-15)14-10(8)11(17-6-18-14)7-1-2-23-5-7/h1-3,5-6,9,12-13,15,20-22H,4H2/t9-,12-,13-,15-/m1/s1. The number of aliphatic hydroxyl groups excluding tert-OH is 3. The van der Waals surface area contributed by atoms with E-state index >= 15 is 0 Å². The molecule has 0 spiro atoms. The highest BCUT2D eigenvalue weighted by molar-refractivity contribution is 6.36. The normalized spacial score (nSPS) is 27.2. The first kappa shape index (κ1) is 15.6. The zero-order valence-electron chi connectivity index (χ0n) is 12.3. The van der Waals surface area contributed by atoms with Gasteiger partial charge < -0.3 is 29.0 Å². The summed E-state index contributed by atoms with van der Waals surface area (Å²) in [6.45, 7) is -0.406. The smallest absolute Gasteiger partial charge is 0.164 e. The molecule has 126 valence electrons. The number of aromatic nitrogens is 3. The zero-order chi connectivity index (χ0) is 16.8. The van der Waals surface area contributed by atoms with Crippen molar-refractivity contribution in [2.75, 3.05) is 6.61 Å². The van der Waals surface area contributed by atoms with Gasteiger partial charge in [-0.15, -0.1) is 0 Å². The molecule has 1 saturated heterocycles. The second kappa shape index (κ2) is 5.83. The van der Waals surface area contributed by atoms with Gasteiger partial charge in [-0.25, -0.2) is 9.97 Å². The van der Waals surface area contributed by atoms with E-state index < -0.39 is 31.1 Å². The summed E-state index contributed by atoms with van der Waals surface area (Å²) in [5.74, 6) is 0. The Morgan fingerprint density at radius 2 is 2.08 bits per heavy atom. The Hall–Kier alpha value is -1.97. The fourth-order valence-corrected chi connectivity index (χ4v) is 3.24. The Balaban J connectivity index is 1.86. The molecule has 1 aliphatic heterocycles. The van der Waals surface area contributed by atoms with Crippen molar-refractivity contribution in [1.82, 2.24) is 14.5 Å².